The topological polar surface area (TPSA) is 37.3 Å². The van der Waals surface area contributed by atoms with E-state index >= 15 is 0 Å². The molecular weight excluding hydrogens is 370 g/mol. The van der Waals surface area contributed by atoms with Gasteiger partial charge in [0.1, 0.15) is 0 Å². The average molecular weight is 404 g/mol. The molecule has 2 aromatic carbocycles. The van der Waals surface area contributed by atoms with Crippen molar-refractivity contribution in [3.05, 3.63) is 89.2 Å². The number of hydrogen-bond donors (Lipinski definition) is 1. The van der Waals surface area contributed by atoms with E-state index in [1.165, 1.54) is 11.1 Å². The van der Waals surface area contributed by atoms with Gasteiger partial charge in [0.15, 0.2) is 0 Å². The number of carbonyl (C=O) groups excluding carboxylic acids is 1. The number of carbonyl (C=O) groups is 1. The summed E-state index contributed by atoms with van der Waals surface area (Å²) in [5, 5.41) is 3.08. The molecule has 0 aliphatic heterocycles. The predicted octanol–water partition coefficient (Wildman–Crippen LogP) is 6.38. The van der Waals surface area contributed by atoms with E-state index in [0.29, 0.717) is 6.54 Å². The van der Waals surface area contributed by atoms with Crippen LogP contribution in [0.5, 0.6) is 0 Å². The van der Waals surface area contributed by atoms with Crippen LogP contribution < -0.4 is 5.32 Å². The Balaban J connectivity index is 1.73. The van der Waals surface area contributed by atoms with Gasteiger partial charge >= 0.3 is 6.03 Å². The zero-order valence-electron chi connectivity index (χ0n) is 18.4. The van der Waals surface area contributed by atoms with Crippen molar-refractivity contribution in [1.29, 1.82) is 0 Å². The lowest BCUT2D eigenvalue weighted by molar-refractivity contribution is 0.206. The van der Waals surface area contributed by atoms with Gasteiger partial charge in [-0.15, -0.1) is 0 Å². The third kappa shape index (κ3) is 6.24. The fourth-order valence-electron chi connectivity index (χ4n) is 3.68. The van der Waals surface area contributed by atoms with E-state index in [2.05, 4.69) is 66.3 Å². The molecule has 1 aromatic heterocycles. The van der Waals surface area contributed by atoms with Crippen LogP contribution in [-0.4, -0.2) is 22.0 Å². The number of amides is 2. The molecule has 3 rings (SSSR count). The molecule has 0 aliphatic carbocycles. The number of aromatic nitrogens is 1. The molecule has 1 N–H and O–H groups in total. The van der Waals surface area contributed by atoms with Gasteiger partial charge in [-0.25, -0.2) is 4.79 Å². The van der Waals surface area contributed by atoms with E-state index in [1.54, 1.807) is 0 Å². The van der Waals surface area contributed by atoms with Gasteiger partial charge in [0.2, 0.25) is 0 Å². The van der Waals surface area contributed by atoms with Crippen molar-refractivity contribution in [2.75, 3.05) is 11.9 Å². The summed E-state index contributed by atoms with van der Waals surface area (Å²) in [6, 6.07) is 20.7. The first-order valence-electron chi connectivity index (χ1n) is 10.9. The minimum absolute atomic E-state index is 0.0417. The van der Waals surface area contributed by atoms with Crippen LogP contribution >= 0.6 is 0 Å². The highest BCUT2D eigenvalue weighted by molar-refractivity contribution is 5.89. The summed E-state index contributed by atoms with van der Waals surface area (Å²) in [6.07, 6.45) is 5.37. The standard InChI is InChI=1S/C26H33N3O/c1-4-5-6-15-29(26(30)27-24-13-8-11-22(3)18-24)20-25-14-9-16-28(25)19-23-12-7-10-21(2)17-23/h7-14,16-18H,4-6,15,19-20H2,1-3H3,(H,27,30). The van der Waals surface area contributed by atoms with Crippen molar-refractivity contribution in [2.24, 2.45) is 0 Å². The Morgan fingerprint density at radius 3 is 2.47 bits per heavy atom. The molecule has 2 amide bonds. The Bertz CT molecular complexity index is 960. The van der Waals surface area contributed by atoms with Gasteiger partial charge in [-0.05, 0) is 55.7 Å². The SMILES string of the molecule is CCCCCN(Cc1cccn1Cc1cccc(C)c1)C(=O)Nc1cccc(C)c1. The highest BCUT2D eigenvalue weighted by atomic mass is 16.2. The van der Waals surface area contributed by atoms with Gasteiger partial charge in [0.05, 0.1) is 6.54 Å². The molecule has 0 radical (unpaired) electrons. The Labute approximate surface area is 180 Å². The minimum atomic E-state index is -0.0417. The number of nitrogens with one attached hydrogen (secondary N) is 1. The smallest absolute Gasteiger partial charge is 0.322 e. The summed E-state index contributed by atoms with van der Waals surface area (Å²) in [6.45, 7) is 8.50. The van der Waals surface area contributed by atoms with Gasteiger partial charge in [0, 0.05) is 30.7 Å². The molecule has 0 bridgehead atoms. The second-order valence-corrected chi connectivity index (χ2v) is 8.04. The molecule has 0 spiro atoms. The fraction of sp³-hybridized carbons (Fsp3) is 0.346. The van der Waals surface area contributed by atoms with Crippen LogP contribution in [0.15, 0.2) is 66.9 Å². The summed E-state index contributed by atoms with van der Waals surface area (Å²) < 4.78 is 2.24. The van der Waals surface area contributed by atoms with Crippen LogP contribution in [0.2, 0.25) is 0 Å². The monoisotopic (exact) mass is 403 g/mol. The maximum atomic E-state index is 13.1. The summed E-state index contributed by atoms with van der Waals surface area (Å²) in [7, 11) is 0. The van der Waals surface area contributed by atoms with Crippen molar-refractivity contribution in [2.45, 2.75) is 53.1 Å². The van der Waals surface area contributed by atoms with Crippen molar-refractivity contribution in [3.8, 4) is 0 Å². The number of anilines is 1. The lowest BCUT2D eigenvalue weighted by atomic mass is 10.1. The zero-order valence-corrected chi connectivity index (χ0v) is 18.4. The Morgan fingerprint density at radius 1 is 0.967 bits per heavy atom. The molecule has 0 fully saturated rings. The second kappa shape index (κ2) is 10.7. The first-order chi connectivity index (χ1) is 14.5. The summed E-state index contributed by atoms with van der Waals surface area (Å²) in [5.41, 5.74) is 5.66. The predicted molar refractivity (Wildman–Crippen MR) is 125 cm³/mol. The molecule has 0 unspecified atom stereocenters. The van der Waals surface area contributed by atoms with E-state index in [1.807, 2.05) is 36.1 Å². The van der Waals surface area contributed by atoms with Gasteiger partial charge in [-0.3, -0.25) is 0 Å². The second-order valence-electron chi connectivity index (χ2n) is 8.04. The van der Waals surface area contributed by atoms with Gasteiger partial charge in [0.25, 0.3) is 0 Å². The van der Waals surface area contributed by atoms with Gasteiger partial charge in [-0.2, -0.15) is 0 Å². The fourth-order valence-corrected chi connectivity index (χ4v) is 3.68. The number of benzene rings is 2. The maximum Gasteiger partial charge on any atom is 0.322 e. The maximum absolute atomic E-state index is 13.1. The van der Waals surface area contributed by atoms with Crippen LogP contribution in [0.1, 0.15) is 48.6 Å². The van der Waals surface area contributed by atoms with E-state index in [9.17, 15) is 4.79 Å². The quantitative estimate of drug-likeness (QED) is 0.414. The normalized spacial score (nSPS) is 10.8. The highest BCUT2D eigenvalue weighted by Gasteiger charge is 2.16. The molecule has 0 saturated heterocycles. The van der Waals surface area contributed by atoms with Gasteiger partial charge < -0.3 is 14.8 Å². The molecule has 158 valence electrons. The van der Waals surface area contributed by atoms with Crippen molar-refractivity contribution in [3.63, 3.8) is 0 Å². The Kier molecular flexibility index (Phi) is 7.72. The highest BCUT2D eigenvalue weighted by Crippen LogP contribution is 2.15. The number of unbranched alkanes of at least 4 members (excludes halogenated alkanes) is 2. The number of aryl methyl sites for hydroxylation is 2. The molecular formula is C26H33N3O. The number of urea groups is 1. The van der Waals surface area contributed by atoms with Crippen LogP contribution in [-0.2, 0) is 13.1 Å². The molecule has 4 heteroatoms. The van der Waals surface area contributed by atoms with E-state index in [0.717, 1.165) is 49.3 Å². The lowest BCUT2D eigenvalue weighted by Crippen LogP contribution is -2.36. The third-order valence-electron chi connectivity index (χ3n) is 5.30. The summed E-state index contributed by atoms with van der Waals surface area (Å²) >= 11 is 0. The first-order valence-corrected chi connectivity index (χ1v) is 10.9. The van der Waals surface area contributed by atoms with Crippen molar-refractivity contribution in [1.82, 2.24) is 9.47 Å². The lowest BCUT2D eigenvalue weighted by Gasteiger charge is -2.24. The molecule has 4 nitrogen and oxygen atoms in total. The average Bonchev–Trinajstić information content (AvgIpc) is 3.14. The summed E-state index contributed by atoms with van der Waals surface area (Å²) in [4.78, 5) is 15.0. The largest absolute Gasteiger partial charge is 0.345 e. The van der Waals surface area contributed by atoms with Crippen LogP contribution in [0.4, 0.5) is 10.5 Å². The van der Waals surface area contributed by atoms with E-state index in [4.69, 9.17) is 0 Å². The first kappa shape index (κ1) is 21.7. The molecule has 1 heterocycles. The van der Waals surface area contributed by atoms with E-state index in [-0.39, 0.29) is 6.03 Å². The minimum Gasteiger partial charge on any atom is -0.345 e. The Morgan fingerprint density at radius 2 is 1.73 bits per heavy atom. The van der Waals surface area contributed by atoms with Crippen LogP contribution in [0.3, 0.4) is 0 Å². The molecule has 3 aromatic rings. The van der Waals surface area contributed by atoms with Crippen molar-refractivity contribution >= 4 is 11.7 Å². The number of rotatable bonds is 9. The molecule has 0 aliphatic rings. The van der Waals surface area contributed by atoms with Crippen LogP contribution in [0, 0.1) is 13.8 Å². The molecule has 0 saturated carbocycles. The summed E-state index contributed by atoms with van der Waals surface area (Å²) in [5.74, 6) is 0. The zero-order chi connectivity index (χ0) is 21.3. The number of hydrogen-bond acceptors (Lipinski definition) is 1. The van der Waals surface area contributed by atoms with Crippen molar-refractivity contribution < 1.29 is 4.79 Å². The molecule has 30 heavy (non-hydrogen) atoms. The third-order valence-corrected chi connectivity index (χ3v) is 5.30. The molecule has 0 atom stereocenters. The van der Waals surface area contributed by atoms with E-state index < -0.39 is 0 Å². The van der Waals surface area contributed by atoms with Gasteiger partial charge in [-0.1, -0.05) is 61.7 Å². The Hall–Kier alpha value is -3.01. The van der Waals surface area contributed by atoms with Crippen LogP contribution in [0.25, 0.3) is 0 Å². The number of nitrogens with zero attached hydrogens (tertiary/aromatic N) is 2.